The van der Waals surface area contributed by atoms with Crippen LogP contribution in [0, 0.1) is 0 Å². The molecule has 0 heterocycles. The molecule has 0 radical (unpaired) electrons. The molecule has 2 nitrogen and oxygen atoms in total. The number of phenols is 2. The van der Waals surface area contributed by atoms with Gasteiger partial charge in [-0.05, 0) is 53.8 Å². The van der Waals surface area contributed by atoms with Crippen molar-refractivity contribution in [1.82, 2.24) is 0 Å². The molecule has 0 atom stereocenters. The van der Waals surface area contributed by atoms with Gasteiger partial charge < -0.3 is 10.2 Å². The summed E-state index contributed by atoms with van der Waals surface area (Å²) in [6.07, 6.45) is 4.41. The first-order valence-electron chi connectivity index (χ1n) is 6.90. The van der Waals surface area contributed by atoms with E-state index in [1.165, 1.54) is 0 Å². The van der Waals surface area contributed by atoms with Crippen molar-refractivity contribution in [3.8, 4) is 22.6 Å². The fourth-order valence-corrected chi connectivity index (χ4v) is 2.33. The molecule has 0 unspecified atom stereocenters. The molecule has 104 valence electrons. The molecule has 2 rings (SSSR count). The second-order valence-electron chi connectivity index (χ2n) is 4.94. The predicted molar refractivity (Wildman–Crippen MR) is 83.1 cm³/mol. The summed E-state index contributed by atoms with van der Waals surface area (Å²) in [5, 5.41) is 19.9. The van der Waals surface area contributed by atoms with Gasteiger partial charge >= 0.3 is 0 Å². The Balaban J connectivity index is 2.47. The number of rotatable bonds is 5. The molecule has 20 heavy (non-hydrogen) atoms. The zero-order valence-corrected chi connectivity index (χ0v) is 11.8. The summed E-state index contributed by atoms with van der Waals surface area (Å²) in [6.45, 7) is 5.81. The van der Waals surface area contributed by atoms with Crippen molar-refractivity contribution in [1.29, 1.82) is 0 Å². The quantitative estimate of drug-likeness (QED) is 0.787. The van der Waals surface area contributed by atoms with Crippen LogP contribution in [0.1, 0.15) is 24.5 Å². The Kier molecular flexibility index (Phi) is 4.46. The average molecular weight is 268 g/mol. The van der Waals surface area contributed by atoms with Crippen molar-refractivity contribution in [3.63, 3.8) is 0 Å². The smallest absolute Gasteiger partial charge is 0.123 e. The van der Waals surface area contributed by atoms with Crippen molar-refractivity contribution in [2.45, 2.75) is 26.2 Å². The highest BCUT2D eigenvalue weighted by Crippen LogP contribution is 2.33. The van der Waals surface area contributed by atoms with Crippen LogP contribution >= 0.6 is 0 Å². The third-order valence-corrected chi connectivity index (χ3v) is 3.35. The molecule has 0 bridgehead atoms. The molecular formula is C18H20O2. The van der Waals surface area contributed by atoms with Gasteiger partial charge in [0.2, 0.25) is 0 Å². The van der Waals surface area contributed by atoms with Gasteiger partial charge in [-0.3, -0.25) is 0 Å². The van der Waals surface area contributed by atoms with Crippen LogP contribution < -0.4 is 0 Å². The first kappa shape index (κ1) is 14.2. The highest BCUT2D eigenvalue weighted by molar-refractivity contribution is 5.72. The van der Waals surface area contributed by atoms with Gasteiger partial charge in [0.1, 0.15) is 11.5 Å². The summed E-state index contributed by atoms with van der Waals surface area (Å²) in [6, 6.07) is 11.1. The lowest BCUT2D eigenvalue weighted by molar-refractivity contribution is 0.467. The lowest BCUT2D eigenvalue weighted by Gasteiger charge is -2.10. The molecule has 0 spiro atoms. The average Bonchev–Trinajstić information content (AvgIpc) is 2.44. The van der Waals surface area contributed by atoms with E-state index in [-0.39, 0.29) is 5.75 Å². The van der Waals surface area contributed by atoms with Crippen molar-refractivity contribution in [2.75, 3.05) is 0 Å². The number of aryl methyl sites for hydroxylation is 1. The van der Waals surface area contributed by atoms with Gasteiger partial charge in [-0.1, -0.05) is 31.6 Å². The number of allylic oxidation sites excluding steroid dienone is 1. The molecule has 0 aliphatic rings. The monoisotopic (exact) mass is 268 g/mol. The van der Waals surface area contributed by atoms with E-state index < -0.39 is 0 Å². The molecular weight excluding hydrogens is 248 g/mol. The van der Waals surface area contributed by atoms with Crippen LogP contribution in [0.3, 0.4) is 0 Å². The van der Waals surface area contributed by atoms with Crippen molar-refractivity contribution in [2.24, 2.45) is 0 Å². The first-order chi connectivity index (χ1) is 9.65. The maximum Gasteiger partial charge on any atom is 0.123 e. The number of aromatic hydroxyl groups is 2. The number of phenolic OH excluding ortho intramolecular Hbond substituents is 2. The highest BCUT2D eigenvalue weighted by Gasteiger charge is 2.08. The summed E-state index contributed by atoms with van der Waals surface area (Å²) in [4.78, 5) is 0. The van der Waals surface area contributed by atoms with E-state index >= 15 is 0 Å². The minimum atomic E-state index is 0.256. The summed E-state index contributed by atoms with van der Waals surface area (Å²) < 4.78 is 0. The lowest BCUT2D eigenvalue weighted by Crippen LogP contribution is -1.89. The normalized spacial score (nSPS) is 10.4. The van der Waals surface area contributed by atoms with E-state index in [1.54, 1.807) is 12.1 Å². The fourth-order valence-electron chi connectivity index (χ4n) is 2.33. The maximum atomic E-state index is 10.1. The molecule has 0 aromatic heterocycles. The molecule has 2 aromatic rings. The van der Waals surface area contributed by atoms with Crippen LogP contribution in [-0.2, 0) is 12.8 Å². The van der Waals surface area contributed by atoms with Gasteiger partial charge in [-0.25, -0.2) is 0 Å². The summed E-state index contributed by atoms with van der Waals surface area (Å²) in [5.74, 6) is 0.572. The third kappa shape index (κ3) is 3.02. The van der Waals surface area contributed by atoms with Gasteiger partial charge in [-0.15, -0.1) is 6.58 Å². The highest BCUT2D eigenvalue weighted by atomic mass is 16.3. The van der Waals surface area contributed by atoms with Gasteiger partial charge in [0.05, 0.1) is 0 Å². The lowest BCUT2D eigenvalue weighted by atomic mass is 9.97. The predicted octanol–water partition coefficient (Wildman–Crippen LogP) is 4.45. The molecule has 0 aliphatic heterocycles. The van der Waals surface area contributed by atoms with E-state index in [4.69, 9.17) is 0 Å². The van der Waals surface area contributed by atoms with E-state index in [0.717, 1.165) is 41.5 Å². The van der Waals surface area contributed by atoms with Crippen LogP contribution in [0.25, 0.3) is 11.1 Å². The number of hydrogen-bond donors (Lipinski definition) is 2. The summed E-state index contributed by atoms with van der Waals surface area (Å²) in [7, 11) is 0. The molecule has 0 saturated carbocycles. The molecule has 0 aliphatic carbocycles. The fraction of sp³-hybridized carbons (Fsp3) is 0.222. The van der Waals surface area contributed by atoms with Crippen LogP contribution in [0.2, 0.25) is 0 Å². The largest absolute Gasteiger partial charge is 0.508 e. The third-order valence-electron chi connectivity index (χ3n) is 3.35. The molecule has 0 amide bonds. The van der Waals surface area contributed by atoms with Gasteiger partial charge in [0.25, 0.3) is 0 Å². The minimum Gasteiger partial charge on any atom is -0.508 e. The van der Waals surface area contributed by atoms with Gasteiger partial charge in [0, 0.05) is 5.56 Å². The molecule has 2 heteroatoms. The standard InChI is InChI=1S/C18H20O2/c1-3-5-13-7-9-18(20)16(11-13)14-8-10-17(19)15(12-14)6-4-2/h3,7-12,19-20H,1,4-6H2,2H3. The molecule has 2 aromatic carbocycles. The topological polar surface area (TPSA) is 40.5 Å². The summed E-state index contributed by atoms with van der Waals surface area (Å²) in [5.41, 5.74) is 3.74. The van der Waals surface area contributed by atoms with Crippen molar-refractivity contribution >= 4 is 0 Å². The second kappa shape index (κ2) is 6.29. The zero-order valence-electron chi connectivity index (χ0n) is 11.8. The molecule has 2 N–H and O–H groups in total. The van der Waals surface area contributed by atoms with E-state index in [0.29, 0.717) is 5.75 Å². The van der Waals surface area contributed by atoms with Crippen molar-refractivity contribution < 1.29 is 10.2 Å². The zero-order chi connectivity index (χ0) is 14.5. The van der Waals surface area contributed by atoms with Crippen molar-refractivity contribution in [3.05, 3.63) is 60.2 Å². The molecule has 0 saturated heterocycles. The number of benzene rings is 2. The van der Waals surface area contributed by atoms with Crippen LogP contribution in [-0.4, -0.2) is 10.2 Å². The van der Waals surface area contributed by atoms with E-state index in [1.807, 2.05) is 30.3 Å². The maximum absolute atomic E-state index is 10.1. The minimum absolute atomic E-state index is 0.256. The Hall–Kier alpha value is -2.22. The summed E-state index contributed by atoms with van der Waals surface area (Å²) >= 11 is 0. The molecule has 0 fully saturated rings. The number of hydrogen-bond acceptors (Lipinski definition) is 2. The first-order valence-corrected chi connectivity index (χ1v) is 6.90. The Morgan fingerprint density at radius 2 is 1.80 bits per heavy atom. The Bertz CT molecular complexity index is 615. The van der Waals surface area contributed by atoms with Crippen LogP contribution in [0.5, 0.6) is 11.5 Å². The Labute approximate surface area is 120 Å². The van der Waals surface area contributed by atoms with Crippen LogP contribution in [0.4, 0.5) is 0 Å². The van der Waals surface area contributed by atoms with E-state index in [9.17, 15) is 10.2 Å². The van der Waals surface area contributed by atoms with Gasteiger partial charge in [-0.2, -0.15) is 0 Å². The van der Waals surface area contributed by atoms with Crippen LogP contribution in [0.15, 0.2) is 49.1 Å². The van der Waals surface area contributed by atoms with E-state index in [2.05, 4.69) is 13.5 Å². The second-order valence-corrected chi connectivity index (χ2v) is 4.94. The Morgan fingerprint density at radius 1 is 1.05 bits per heavy atom. The van der Waals surface area contributed by atoms with Gasteiger partial charge in [0.15, 0.2) is 0 Å². The SMILES string of the molecule is C=CCc1ccc(O)c(-c2ccc(O)c(CCC)c2)c1. The Morgan fingerprint density at radius 3 is 2.50 bits per heavy atom.